The number of hydrogen-bond acceptors (Lipinski definition) is 4. The van der Waals surface area contributed by atoms with Gasteiger partial charge in [0.1, 0.15) is 0 Å². The van der Waals surface area contributed by atoms with Gasteiger partial charge in [0.15, 0.2) is 0 Å². The molecule has 2 amide bonds. The van der Waals surface area contributed by atoms with Gasteiger partial charge in [-0.1, -0.05) is 0 Å². The molecule has 1 aromatic heterocycles. The number of H-pyrrole nitrogens is 1. The maximum Gasteiger partial charge on any atom is 0.224 e. The second kappa shape index (κ2) is 7.34. The van der Waals surface area contributed by atoms with Crippen molar-refractivity contribution >= 4 is 11.8 Å². The van der Waals surface area contributed by atoms with Crippen LogP contribution in [-0.2, 0) is 16.0 Å². The molecule has 0 saturated carbocycles. The largest absolute Gasteiger partial charge is 0.391 e. The van der Waals surface area contributed by atoms with Gasteiger partial charge in [0.05, 0.1) is 11.8 Å². The SMILES string of the molecule is Cc1cc(C[C@@H]2CN(C(=O)CCN3CCCCC3=O)C[C@@H]2O)n[nH]1. The quantitative estimate of drug-likeness (QED) is 0.820. The molecule has 3 heterocycles. The lowest BCUT2D eigenvalue weighted by Crippen LogP contribution is -2.39. The number of nitrogens with one attached hydrogen (secondary N) is 1. The Morgan fingerprint density at radius 2 is 2.25 bits per heavy atom. The molecule has 2 N–H and O–H groups in total. The van der Waals surface area contributed by atoms with E-state index < -0.39 is 6.10 Å². The van der Waals surface area contributed by atoms with Gasteiger partial charge in [-0.15, -0.1) is 0 Å². The Morgan fingerprint density at radius 3 is 2.96 bits per heavy atom. The first kappa shape index (κ1) is 17.0. The zero-order valence-electron chi connectivity index (χ0n) is 14.2. The fraction of sp³-hybridized carbons (Fsp3) is 0.706. The number of hydrogen-bond donors (Lipinski definition) is 2. The number of aromatic nitrogens is 2. The van der Waals surface area contributed by atoms with E-state index in [9.17, 15) is 14.7 Å². The number of aryl methyl sites for hydroxylation is 1. The number of piperidine rings is 1. The summed E-state index contributed by atoms with van der Waals surface area (Å²) in [5, 5.41) is 17.3. The van der Waals surface area contributed by atoms with Crippen LogP contribution >= 0.6 is 0 Å². The van der Waals surface area contributed by atoms with Gasteiger partial charge >= 0.3 is 0 Å². The number of carbonyl (C=O) groups is 2. The summed E-state index contributed by atoms with van der Waals surface area (Å²) < 4.78 is 0. The summed E-state index contributed by atoms with van der Waals surface area (Å²) in [4.78, 5) is 27.7. The number of aliphatic hydroxyl groups is 1. The minimum absolute atomic E-state index is 0.0214. The number of nitrogens with zero attached hydrogens (tertiary/aromatic N) is 3. The van der Waals surface area contributed by atoms with E-state index in [0.717, 1.165) is 30.8 Å². The second-order valence-electron chi connectivity index (χ2n) is 6.96. The summed E-state index contributed by atoms with van der Waals surface area (Å²) in [5.41, 5.74) is 1.92. The molecule has 1 aromatic rings. The summed E-state index contributed by atoms with van der Waals surface area (Å²) in [6, 6.07) is 1.97. The van der Waals surface area contributed by atoms with Crippen LogP contribution in [0, 0.1) is 12.8 Å². The van der Waals surface area contributed by atoms with E-state index in [1.54, 1.807) is 9.80 Å². The van der Waals surface area contributed by atoms with E-state index in [2.05, 4.69) is 10.2 Å². The normalized spacial score (nSPS) is 24.7. The molecule has 2 atom stereocenters. The first-order chi connectivity index (χ1) is 11.5. The Bertz CT molecular complexity index is 600. The van der Waals surface area contributed by atoms with Crippen LogP contribution in [0.1, 0.15) is 37.1 Å². The van der Waals surface area contributed by atoms with Gasteiger partial charge < -0.3 is 14.9 Å². The smallest absolute Gasteiger partial charge is 0.224 e. The van der Waals surface area contributed by atoms with Crippen LogP contribution in [0.25, 0.3) is 0 Å². The van der Waals surface area contributed by atoms with Crippen LogP contribution in [0.15, 0.2) is 6.07 Å². The average molecular weight is 334 g/mol. The Labute approximate surface area is 142 Å². The number of rotatable bonds is 5. The molecule has 0 bridgehead atoms. The molecule has 2 fully saturated rings. The van der Waals surface area contributed by atoms with Gasteiger partial charge in [0.25, 0.3) is 0 Å². The fourth-order valence-corrected chi connectivity index (χ4v) is 3.59. The van der Waals surface area contributed by atoms with Crippen LogP contribution in [0.3, 0.4) is 0 Å². The standard InChI is InChI=1S/C17H26N4O3/c1-12-8-14(19-18-12)9-13-10-21(11-15(13)22)17(24)5-7-20-6-3-2-4-16(20)23/h8,13,15,22H,2-7,9-11H2,1H3,(H,18,19)/t13-,15+/m1/s1. The van der Waals surface area contributed by atoms with Crippen molar-refractivity contribution < 1.29 is 14.7 Å². The molecule has 7 nitrogen and oxygen atoms in total. The molecule has 0 spiro atoms. The first-order valence-corrected chi connectivity index (χ1v) is 8.77. The highest BCUT2D eigenvalue weighted by Crippen LogP contribution is 2.22. The van der Waals surface area contributed by atoms with E-state index in [4.69, 9.17) is 0 Å². The third-order valence-corrected chi connectivity index (χ3v) is 5.01. The highest BCUT2D eigenvalue weighted by Gasteiger charge is 2.34. The van der Waals surface area contributed by atoms with Gasteiger partial charge in [-0.2, -0.15) is 5.10 Å². The molecule has 7 heteroatoms. The highest BCUT2D eigenvalue weighted by atomic mass is 16.3. The Hall–Kier alpha value is -1.89. The molecule has 2 saturated heterocycles. The van der Waals surface area contributed by atoms with Crippen molar-refractivity contribution in [2.24, 2.45) is 5.92 Å². The Kier molecular flexibility index (Phi) is 5.18. The monoisotopic (exact) mass is 334 g/mol. The number of amides is 2. The lowest BCUT2D eigenvalue weighted by atomic mass is 10.0. The van der Waals surface area contributed by atoms with Gasteiger partial charge in [-0.25, -0.2) is 0 Å². The molecule has 3 rings (SSSR count). The molecule has 0 unspecified atom stereocenters. The number of aliphatic hydroxyl groups excluding tert-OH is 1. The van der Waals surface area contributed by atoms with E-state index in [1.165, 1.54) is 0 Å². The van der Waals surface area contributed by atoms with Gasteiger partial charge in [0, 0.05) is 50.6 Å². The van der Waals surface area contributed by atoms with Crippen molar-refractivity contribution in [3.8, 4) is 0 Å². The Balaban J connectivity index is 1.48. The second-order valence-corrected chi connectivity index (χ2v) is 6.96. The van der Waals surface area contributed by atoms with E-state index in [0.29, 0.717) is 38.9 Å². The van der Waals surface area contributed by atoms with Gasteiger partial charge in [-0.05, 0) is 32.3 Å². The van der Waals surface area contributed by atoms with Crippen molar-refractivity contribution in [3.05, 3.63) is 17.5 Å². The maximum absolute atomic E-state index is 12.4. The van der Waals surface area contributed by atoms with Crippen LogP contribution < -0.4 is 0 Å². The lowest BCUT2D eigenvalue weighted by molar-refractivity contribution is -0.135. The average Bonchev–Trinajstić information content (AvgIpc) is 3.13. The highest BCUT2D eigenvalue weighted by molar-refractivity contribution is 5.79. The molecule has 132 valence electrons. The molecular formula is C17H26N4O3. The van der Waals surface area contributed by atoms with Gasteiger partial charge in [0.2, 0.25) is 11.8 Å². The van der Waals surface area contributed by atoms with Crippen LogP contribution in [0.5, 0.6) is 0 Å². The maximum atomic E-state index is 12.4. The van der Waals surface area contributed by atoms with Crippen molar-refractivity contribution in [1.82, 2.24) is 20.0 Å². The minimum Gasteiger partial charge on any atom is -0.391 e. The Morgan fingerprint density at radius 1 is 1.42 bits per heavy atom. The molecule has 0 radical (unpaired) electrons. The van der Waals surface area contributed by atoms with Crippen molar-refractivity contribution in [2.45, 2.75) is 45.1 Å². The lowest BCUT2D eigenvalue weighted by Gasteiger charge is -2.27. The molecule has 0 aliphatic carbocycles. The molecule has 24 heavy (non-hydrogen) atoms. The molecule has 0 aromatic carbocycles. The summed E-state index contributed by atoms with van der Waals surface area (Å²) in [6.07, 6.45) is 3.07. The van der Waals surface area contributed by atoms with Crippen LogP contribution in [0.4, 0.5) is 0 Å². The number of β-amino-alcohol motifs (C(OH)–C–C–N with tert-alkyl or cyclic N) is 1. The van der Waals surface area contributed by atoms with E-state index in [-0.39, 0.29) is 17.7 Å². The zero-order chi connectivity index (χ0) is 17.1. The van der Waals surface area contributed by atoms with Gasteiger partial charge in [-0.3, -0.25) is 14.7 Å². The van der Waals surface area contributed by atoms with Crippen molar-refractivity contribution in [3.63, 3.8) is 0 Å². The molecule has 2 aliphatic rings. The zero-order valence-corrected chi connectivity index (χ0v) is 14.2. The number of likely N-dealkylation sites (tertiary alicyclic amines) is 2. The van der Waals surface area contributed by atoms with Crippen LogP contribution in [-0.4, -0.2) is 69.2 Å². The minimum atomic E-state index is -0.512. The number of carbonyl (C=O) groups excluding carboxylic acids is 2. The predicted octanol–water partition coefficient (Wildman–Crippen LogP) is 0.483. The summed E-state index contributed by atoms with van der Waals surface area (Å²) in [5.74, 6) is 0.198. The van der Waals surface area contributed by atoms with Crippen LogP contribution in [0.2, 0.25) is 0 Å². The first-order valence-electron chi connectivity index (χ1n) is 8.77. The van der Waals surface area contributed by atoms with Crippen molar-refractivity contribution in [1.29, 1.82) is 0 Å². The van der Waals surface area contributed by atoms with Crippen molar-refractivity contribution in [2.75, 3.05) is 26.2 Å². The third kappa shape index (κ3) is 3.95. The summed E-state index contributed by atoms with van der Waals surface area (Å²) in [7, 11) is 0. The predicted molar refractivity (Wildman–Crippen MR) is 88.2 cm³/mol. The topological polar surface area (TPSA) is 89.5 Å². The molecule has 2 aliphatic heterocycles. The third-order valence-electron chi connectivity index (χ3n) is 5.01. The molecular weight excluding hydrogens is 308 g/mol. The fourth-order valence-electron chi connectivity index (χ4n) is 3.59. The van der Waals surface area contributed by atoms with E-state index in [1.807, 2.05) is 13.0 Å². The summed E-state index contributed by atoms with van der Waals surface area (Å²) in [6.45, 7) is 4.13. The number of aromatic amines is 1. The van der Waals surface area contributed by atoms with E-state index >= 15 is 0 Å². The summed E-state index contributed by atoms with van der Waals surface area (Å²) >= 11 is 0.